The zero-order valence-corrected chi connectivity index (χ0v) is 12.9. The van der Waals surface area contributed by atoms with Gasteiger partial charge >= 0.3 is 0 Å². The van der Waals surface area contributed by atoms with Crippen LogP contribution in [0, 0.1) is 5.82 Å². The third kappa shape index (κ3) is 3.38. The van der Waals surface area contributed by atoms with Crippen LogP contribution in [0.2, 0.25) is 5.02 Å². The summed E-state index contributed by atoms with van der Waals surface area (Å²) in [7, 11) is 0. The van der Waals surface area contributed by atoms with E-state index in [0.29, 0.717) is 5.56 Å². The van der Waals surface area contributed by atoms with E-state index in [1.807, 2.05) is 24.3 Å². The summed E-state index contributed by atoms with van der Waals surface area (Å²) in [6, 6.07) is 11.8. The number of rotatable bonds is 4. The van der Waals surface area contributed by atoms with Crippen molar-refractivity contribution >= 4 is 27.5 Å². The number of hydrogen-bond acceptors (Lipinski definition) is 2. The Labute approximate surface area is 130 Å². The van der Waals surface area contributed by atoms with Crippen LogP contribution in [0.4, 0.5) is 4.39 Å². The summed E-state index contributed by atoms with van der Waals surface area (Å²) in [5.41, 5.74) is 7.24. The number of halogens is 3. The lowest BCUT2D eigenvalue weighted by molar-refractivity contribution is 0.147. The minimum absolute atomic E-state index is 0.00781. The van der Waals surface area contributed by atoms with Crippen LogP contribution in [0.25, 0.3) is 0 Å². The summed E-state index contributed by atoms with van der Waals surface area (Å²) >= 11 is 9.15. The molecule has 2 atom stereocenters. The predicted octanol–water partition coefficient (Wildman–Crippen LogP) is 4.02. The highest BCUT2D eigenvalue weighted by atomic mass is 79.9. The van der Waals surface area contributed by atoms with Crippen molar-refractivity contribution < 1.29 is 9.50 Å². The van der Waals surface area contributed by atoms with Crippen molar-refractivity contribution in [2.75, 3.05) is 6.54 Å². The van der Waals surface area contributed by atoms with Gasteiger partial charge in [-0.2, -0.15) is 0 Å². The molecule has 2 unspecified atom stereocenters. The van der Waals surface area contributed by atoms with Crippen molar-refractivity contribution in [3.8, 4) is 0 Å². The van der Waals surface area contributed by atoms with Gasteiger partial charge in [-0.05, 0) is 35.4 Å². The SMILES string of the molecule is NCC(c1cccc(Br)c1)C(O)c1ccc(F)c(Cl)c1. The number of nitrogens with two attached hydrogens (primary N) is 1. The molecule has 20 heavy (non-hydrogen) atoms. The van der Waals surface area contributed by atoms with Crippen molar-refractivity contribution in [2.24, 2.45) is 5.73 Å². The van der Waals surface area contributed by atoms with E-state index in [-0.39, 0.29) is 17.5 Å². The molecule has 0 saturated heterocycles. The molecule has 0 bridgehead atoms. The van der Waals surface area contributed by atoms with Crippen LogP contribution in [0.1, 0.15) is 23.1 Å². The maximum Gasteiger partial charge on any atom is 0.141 e. The van der Waals surface area contributed by atoms with Gasteiger partial charge in [0.15, 0.2) is 0 Å². The highest BCUT2D eigenvalue weighted by Gasteiger charge is 2.22. The first-order valence-corrected chi connectivity index (χ1v) is 7.28. The second kappa shape index (κ2) is 6.68. The fourth-order valence-electron chi connectivity index (χ4n) is 2.11. The molecule has 0 heterocycles. The van der Waals surface area contributed by atoms with Crippen LogP contribution in [-0.2, 0) is 0 Å². The molecule has 0 radical (unpaired) electrons. The van der Waals surface area contributed by atoms with E-state index in [2.05, 4.69) is 15.9 Å². The Hall–Kier alpha value is -0.940. The summed E-state index contributed by atoms with van der Waals surface area (Å²) in [5, 5.41) is 10.5. The van der Waals surface area contributed by atoms with Crippen LogP contribution < -0.4 is 5.73 Å². The average Bonchev–Trinajstić information content (AvgIpc) is 2.42. The molecule has 0 aliphatic rings. The molecular weight excluding hydrogens is 345 g/mol. The predicted molar refractivity (Wildman–Crippen MR) is 82.3 cm³/mol. The van der Waals surface area contributed by atoms with Gasteiger partial charge in [0.1, 0.15) is 5.82 Å². The van der Waals surface area contributed by atoms with Crippen molar-refractivity contribution in [3.63, 3.8) is 0 Å². The first-order valence-electron chi connectivity index (χ1n) is 6.11. The standard InChI is InChI=1S/C15H14BrClFNO/c16-11-3-1-2-9(6-11)12(8-19)15(20)10-4-5-14(18)13(17)7-10/h1-7,12,15,20H,8,19H2. The lowest BCUT2D eigenvalue weighted by Gasteiger charge is -2.22. The van der Waals surface area contributed by atoms with Gasteiger partial charge < -0.3 is 10.8 Å². The van der Waals surface area contributed by atoms with E-state index in [1.54, 1.807) is 0 Å². The van der Waals surface area contributed by atoms with Crippen molar-refractivity contribution in [1.29, 1.82) is 0 Å². The third-order valence-corrected chi connectivity index (χ3v) is 3.98. The van der Waals surface area contributed by atoms with Crippen LogP contribution >= 0.6 is 27.5 Å². The monoisotopic (exact) mass is 357 g/mol. The molecule has 2 aromatic rings. The zero-order valence-electron chi connectivity index (χ0n) is 10.6. The minimum Gasteiger partial charge on any atom is -0.388 e. The van der Waals surface area contributed by atoms with E-state index >= 15 is 0 Å². The summed E-state index contributed by atoms with van der Waals surface area (Å²) in [6.07, 6.45) is -0.840. The van der Waals surface area contributed by atoms with E-state index < -0.39 is 11.9 Å². The Morgan fingerprint density at radius 2 is 1.95 bits per heavy atom. The molecule has 0 aliphatic heterocycles. The Morgan fingerprint density at radius 1 is 1.20 bits per heavy atom. The maximum atomic E-state index is 13.2. The molecule has 0 amide bonds. The second-order valence-electron chi connectivity index (χ2n) is 4.52. The maximum absolute atomic E-state index is 13.2. The fourth-order valence-corrected chi connectivity index (χ4v) is 2.72. The summed E-state index contributed by atoms with van der Waals surface area (Å²) < 4.78 is 14.1. The van der Waals surface area contributed by atoms with Gasteiger partial charge in [-0.25, -0.2) is 4.39 Å². The molecular formula is C15H14BrClFNO. The zero-order chi connectivity index (χ0) is 14.7. The van der Waals surface area contributed by atoms with Crippen molar-refractivity contribution in [1.82, 2.24) is 0 Å². The van der Waals surface area contributed by atoms with Crippen LogP contribution in [0.3, 0.4) is 0 Å². The number of aliphatic hydroxyl groups is 1. The van der Waals surface area contributed by atoms with Crippen LogP contribution in [0.15, 0.2) is 46.9 Å². The van der Waals surface area contributed by atoms with Gasteiger partial charge in [0, 0.05) is 16.9 Å². The molecule has 106 valence electrons. The molecule has 3 N–H and O–H groups in total. The third-order valence-electron chi connectivity index (χ3n) is 3.20. The fraction of sp³-hybridized carbons (Fsp3) is 0.200. The first kappa shape index (κ1) is 15.4. The summed E-state index contributed by atoms with van der Waals surface area (Å²) in [6.45, 7) is 0.270. The average molecular weight is 359 g/mol. The lowest BCUT2D eigenvalue weighted by Crippen LogP contribution is -2.20. The number of hydrogen-bond donors (Lipinski definition) is 2. The largest absolute Gasteiger partial charge is 0.388 e. The van der Waals surface area contributed by atoms with Gasteiger partial charge in [-0.3, -0.25) is 0 Å². The molecule has 0 fully saturated rings. The van der Waals surface area contributed by atoms with Gasteiger partial charge in [-0.15, -0.1) is 0 Å². The number of benzene rings is 2. The van der Waals surface area contributed by atoms with Gasteiger partial charge in [0.05, 0.1) is 11.1 Å². The number of aliphatic hydroxyl groups excluding tert-OH is 1. The van der Waals surface area contributed by atoms with Crippen molar-refractivity contribution in [2.45, 2.75) is 12.0 Å². The smallest absolute Gasteiger partial charge is 0.141 e. The van der Waals surface area contributed by atoms with Gasteiger partial charge in [0.2, 0.25) is 0 Å². The summed E-state index contributed by atoms with van der Waals surface area (Å²) in [4.78, 5) is 0. The highest BCUT2D eigenvalue weighted by molar-refractivity contribution is 9.10. The minimum atomic E-state index is -0.840. The normalized spacial score (nSPS) is 14.1. The van der Waals surface area contributed by atoms with E-state index in [4.69, 9.17) is 17.3 Å². The molecule has 0 spiro atoms. The molecule has 2 nitrogen and oxygen atoms in total. The lowest BCUT2D eigenvalue weighted by atomic mass is 9.89. The summed E-state index contributed by atoms with van der Waals surface area (Å²) in [5.74, 6) is -0.789. The van der Waals surface area contributed by atoms with Gasteiger partial charge in [0.25, 0.3) is 0 Å². The van der Waals surface area contributed by atoms with Crippen LogP contribution in [0.5, 0.6) is 0 Å². The topological polar surface area (TPSA) is 46.2 Å². The molecule has 2 rings (SSSR count). The van der Waals surface area contributed by atoms with Gasteiger partial charge in [-0.1, -0.05) is 45.7 Å². The van der Waals surface area contributed by atoms with E-state index in [9.17, 15) is 9.50 Å². The Bertz CT molecular complexity index is 608. The van der Waals surface area contributed by atoms with Crippen molar-refractivity contribution in [3.05, 3.63) is 68.9 Å². The molecule has 0 saturated carbocycles. The van der Waals surface area contributed by atoms with E-state index in [1.165, 1.54) is 18.2 Å². The molecule has 0 aromatic heterocycles. The second-order valence-corrected chi connectivity index (χ2v) is 5.84. The molecule has 0 aliphatic carbocycles. The Morgan fingerprint density at radius 3 is 2.55 bits per heavy atom. The molecule has 5 heteroatoms. The first-order chi connectivity index (χ1) is 9.52. The quantitative estimate of drug-likeness (QED) is 0.867. The Kier molecular flexibility index (Phi) is 5.16. The highest BCUT2D eigenvalue weighted by Crippen LogP contribution is 2.32. The Balaban J connectivity index is 2.33. The van der Waals surface area contributed by atoms with Crippen LogP contribution in [-0.4, -0.2) is 11.7 Å². The molecule has 2 aromatic carbocycles. The van der Waals surface area contributed by atoms with E-state index in [0.717, 1.165) is 10.0 Å².